The first-order valence-corrected chi connectivity index (χ1v) is 6.31. The summed E-state index contributed by atoms with van der Waals surface area (Å²) < 4.78 is 69.8. The molecule has 1 aromatic carbocycles. The Morgan fingerprint density at radius 1 is 1.00 bits per heavy atom. The van der Waals surface area contributed by atoms with Gasteiger partial charge in [0.25, 0.3) is 0 Å². The lowest BCUT2D eigenvalue weighted by molar-refractivity contribution is 0.256. The summed E-state index contributed by atoms with van der Waals surface area (Å²) in [6.07, 6.45) is 2.26. The number of rotatable bonds is 6. The Hall–Kier alpha value is -1.37. The number of ether oxygens (including phenoxy) is 1. The summed E-state index contributed by atoms with van der Waals surface area (Å²) in [6.45, 7) is 2.04. The van der Waals surface area contributed by atoms with E-state index in [9.17, 15) is 22.0 Å². The van der Waals surface area contributed by atoms with Crippen LogP contribution in [-0.4, -0.2) is 19.2 Å². The summed E-state index contributed by atoms with van der Waals surface area (Å²) in [5.74, 6) is -10.7. The Kier molecular flexibility index (Phi) is 4.47. The topological polar surface area (TPSA) is 21.3 Å². The average molecular weight is 295 g/mol. The van der Waals surface area contributed by atoms with Crippen molar-refractivity contribution in [3.63, 3.8) is 0 Å². The summed E-state index contributed by atoms with van der Waals surface area (Å²) >= 11 is 0. The quantitative estimate of drug-likeness (QED) is 0.377. The zero-order valence-electron chi connectivity index (χ0n) is 10.8. The Morgan fingerprint density at radius 2 is 1.50 bits per heavy atom. The fourth-order valence-electron chi connectivity index (χ4n) is 1.91. The predicted molar refractivity (Wildman–Crippen MR) is 61.9 cm³/mol. The fourth-order valence-corrected chi connectivity index (χ4v) is 1.91. The lowest BCUT2D eigenvalue weighted by atomic mass is 10.2. The van der Waals surface area contributed by atoms with Gasteiger partial charge in [0.1, 0.15) is 6.61 Å². The third-order valence-electron chi connectivity index (χ3n) is 3.31. The first-order valence-electron chi connectivity index (χ1n) is 6.31. The molecule has 1 atom stereocenters. The van der Waals surface area contributed by atoms with Gasteiger partial charge < -0.3 is 10.1 Å². The highest BCUT2D eigenvalue weighted by atomic mass is 19.2. The molecule has 1 aliphatic carbocycles. The van der Waals surface area contributed by atoms with E-state index < -0.39 is 34.8 Å². The first kappa shape index (κ1) is 15.0. The number of hydrogen-bond donors (Lipinski definition) is 1. The average Bonchev–Trinajstić information content (AvgIpc) is 3.26. The molecule has 1 N–H and O–H groups in total. The van der Waals surface area contributed by atoms with Gasteiger partial charge in [0.15, 0.2) is 5.75 Å². The van der Waals surface area contributed by atoms with Crippen LogP contribution in [0.3, 0.4) is 0 Å². The van der Waals surface area contributed by atoms with E-state index in [1.807, 2.05) is 6.92 Å². The molecule has 1 unspecified atom stereocenters. The van der Waals surface area contributed by atoms with Gasteiger partial charge in [-0.25, -0.2) is 13.2 Å². The summed E-state index contributed by atoms with van der Waals surface area (Å²) in [6, 6.07) is 0.245. The van der Waals surface area contributed by atoms with E-state index in [0.717, 1.165) is 12.8 Å². The van der Waals surface area contributed by atoms with Crippen molar-refractivity contribution in [2.45, 2.75) is 25.8 Å². The van der Waals surface area contributed by atoms with Crippen LogP contribution in [-0.2, 0) is 0 Å². The minimum atomic E-state index is -2.19. The predicted octanol–water partition coefficient (Wildman–Crippen LogP) is 3.15. The standard InChI is InChI=1S/C13H14F5NO/c1-6(7-2-3-7)19-4-5-20-13-11(17)9(15)8(14)10(16)12(13)18/h6-7,19H,2-5H2,1H3. The maximum absolute atomic E-state index is 13.3. The smallest absolute Gasteiger partial charge is 0.206 e. The van der Waals surface area contributed by atoms with Crippen LogP contribution in [0.4, 0.5) is 22.0 Å². The summed E-state index contributed by atoms with van der Waals surface area (Å²) in [5.41, 5.74) is 0. The summed E-state index contributed by atoms with van der Waals surface area (Å²) in [4.78, 5) is 0. The van der Waals surface area contributed by atoms with Crippen LogP contribution in [0.25, 0.3) is 0 Å². The van der Waals surface area contributed by atoms with E-state index >= 15 is 0 Å². The molecule has 20 heavy (non-hydrogen) atoms. The number of hydrogen-bond acceptors (Lipinski definition) is 2. The van der Waals surface area contributed by atoms with E-state index in [0.29, 0.717) is 5.92 Å². The molecule has 7 heteroatoms. The lowest BCUT2D eigenvalue weighted by Gasteiger charge is -2.14. The van der Waals surface area contributed by atoms with Crippen LogP contribution in [0.2, 0.25) is 0 Å². The van der Waals surface area contributed by atoms with Crippen molar-refractivity contribution in [3.8, 4) is 5.75 Å². The van der Waals surface area contributed by atoms with Crippen molar-refractivity contribution in [3.05, 3.63) is 29.1 Å². The Labute approximate surface area is 112 Å². The van der Waals surface area contributed by atoms with Crippen LogP contribution < -0.4 is 10.1 Å². The van der Waals surface area contributed by atoms with E-state index in [1.54, 1.807) is 0 Å². The second kappa shape index (κ2) is 5.95. The van der Waals surface area contributed by atoms with Crippen LogP contribution in [0.1, 0.15) is 19.8 Å². The molecular weight excluding hydrogens is 281 g/mol. The zero-order valence-corrected chi connectivity index (χ0v) is 10.8. The van der Waals surface area contributed by atoms with Crippen molar-refractivity contribution >= 4 is 0 Å². The number of benzene rings is 1. The molecule has 0 spiro atoms. The van der Waals surface area contributed by atoms with Gasteiger partial charge in [0, 0.05) is 12.6 Å². The molecule has 1 aromatic rings. The van der Waals surface area contributed by atoms with Crippen molar-refractivity contribution in [2.75, 3.05) is 13.2 Å². The van der Waals surface area contributed by atoms with Gasteiger partial charge >= 0.3 is 0 Å². The lowest BCUT2D eigenvalue weighted by Crippen LogP contribution is -2.31. The third-order valence-corrected chi connectivity index (χ3v) is 3.31. The van der Waals surface area contributed by atoms with Crippen LogP contribution in [0.15, 0.2) is 0 Å². The Bertz CT molecular complexity index is 475. The largest absolute Gasteiger partial charge is 0.486 e. The van der Waals surface area contributed by atoms with Crippen LogP contribution in [0.5, 0.6) is 5.75 Å². The van der Waals surface area contributed by atoms with Crippen LogP contribution in [0, 0.1) is 35.0 Å². The molecule has 0 aromatic heterocycles. The molecule has 0 radical (unpaired) electrons. The molecule has 1 fully saturated rings. The highest BCUT2D eigenvalue weighted by Crippen LogP contribution is 2.32. The van der Waals surface area contributed by atoms with E-state index in [2.05, 4.69) is 10.1 Å². The SMILES string of the molecule is CC(NCCOc1c(F)c(F)c(F)c(F)c1F)C1CC1. The molecule has 1 saturated carbocycles. The van der Waals surface area contributed by atoms with E-state index in [1.165, 1.54) is 0 Å². The van der Waals surface area contributed by atoms with Gasteiger partial charge in [0.05, 0.1) is 0 Å². The second-order valence-electron chi connectivity index (χ2n) is 4.83. The fraction of sp³-hybridized carbons (Fsp3) is 0.538. The molecule has 0 bridgehead atoms. The minimum Gasteiger partial charge on any atom is -0.486 e. The number of halogens is 5. The van der Waals surface area contributed by atoms with Gasteiger partial charge in [-0.1, -0.05) is 0 Å². The van der Waals surface area contributed by atoms with Gasteiger partial charge in [-0.3, -0.25) is 0 Å². The van der Waals surface area contributed by atoms with Crippen molar-refractivity contribution in [2.24, 2.45) is 5.92 Å². The first-order chi connectivity index (χ1) is 9.43. The van der Waals surface area contributed by atoms with Gasteiger partial charge in [-0.2, -0.15) is 8.78 Å². The number of nitrogens with one attached hydrogen (secondary N) is 1. The normalized spacial score (nSPS) is 16.3. The molecule has 2 rings (SSSR count). The minimum absolute atomic E-state index is 0.185. The third kappa shape index (κ3) is 3.03. The highest BCUT2D eigenvalue weighted by Gasteiger charge is 2.28. The summed E-state index contributed by atoms with van der Waals surface area (Å²) in [5, 5.41) is 3.06. The van der Waals surface area contributed by atoms with Gasteiger partial charge in [0.2, 0.25) is 29.1 Å². The van der Waals surface area contributed by atoms with Gasteiger partial charge in [-0.15, -0.1) is 0 Å². The molecule has 0 amide bonds. The molecule has 0 saturated heterocycles. The monoisotopic (exact) mass is 295 g/mol. The molecule has 0 aliphatic heterocycles. The van der Waals surface area contributed by atoms with Crippen molar-refractivity contribution in [1.82, 2.24) is 5.32 Å². The molecule has 112 valence electrons. The Morgan fingerprint density at radius 3 is 2.00 bits per heavy atom. The van der Waals surface area contributed by atoms with Crippen molar-refractivity contribution in [1.29, 1.82) is 0 Å². The maximum Gasteiger partial charge on any atom is 0.206 e. The van der Waals surface area contributed by atoms with Gasteiger partial charge in [-0.05, 0) is 25.7 Å². The van der Waals surface area contributed by atoms with E-state index in [-0.39, 0.29) is 19.2 Å². The second-order valence-corrected chi connectivity index (χ2v) is 4.83. The Balaban J connectivity index is 1.95. The molecule has 2 nitrogen and oxygen atoms in total. The highest BCUT2D eigenvalue weighted by molar-refractivity contribution is 5.29. The zero-order chi connectivity index (χ0) is 14.9. The molecule has 0 heterocycles. The van der Waals surface area contributed by atoms with E-state index in [4.69, 9.17) is 0 Å². The molecule has 1 aliphatic rings. The van der Waals surface area contributed by atoms with Crippen LogP contribution >= 0.6 is 0 Å². The summed E-state index contributed by atoms with van der Waals surface area (Å²) in [7, 11) is 0. The van der Waals surface area contributed by atoms with Crippen molar-refractivity contribution < 1.29 is 26.7 Å². The maximum atomic E-state index is 13.3. The molecular formula is C13H14F5NO.